The van der Waals surface area contributed by atoms with Crippen LogP contribution in [0.5, 0.6) is 28.7 Å². The van der Waals surface area contributed by atoms with E-state index in [1.807, 2.05) is 0 Å². The quantitative estimate of drug-likeness (QED) is 0.116. The van der Waals surface area contributed by atoms with Crippen molar-refractivity contribution in [3.05, 3.63) is 40.6 Å². The van der Waals surface area contributed by atoms with Crippen molar-refractivity contribution >= 4 is 11.0 Å². The van der Waals surface area contributed by atoms with Gasteiger partial charge in [-0.15, -0.1) is 0 Å². The first-order valence-corrected chi connectivity index (χ1v) is 13.2. The highest BCUT2D eigenvalue weighted by Crippen LogP contribution is 2.40. The Morgan fingerprint density at radius 2 is 1.23 bits per heavy atom. The Morgan fingerprint density at radius 3 is 1.77 bits per heavy atom. The molecule has 0 spiro atoms. The van der Waals surface area contributed by atoms with Crippen molar-refractivity contribution in [3.8, 4) is 40.1 Å². The number of ether oxygens (including phenoxy) is 4. The molecular formula is C27H30O17. The molecule has 44 heavy (non-hydrogen) atoms. The van der Waals surface area contributed by atoms with E-state index in [2.05, 4.69) is 0 Å². The van der Waals surface area contributed by atoms with Gasteiger partial charge in [0.1, 0.15) is 71.3 Å². The second kappa shape index (κ2) is 12.3. The fraction of sp³-hybridized carbons (Fsp3) is 0.444. The second-order valence-electron chi connectivity index (χ2n) is 10.2. The Labute approximate surface area is 246 Å². The van der Waals surface area contributed by atoms with Crippen LogP contribution < -0.4 is 14.9 Å². The molecule has 0 unspecified atom stereocenters. The molecule has 3 heterocycles. The SMILES string of the molecule is O=c1c(O[C@@H]2O[C@@H](CO)[C@H](O)[C@@H](O)[C@@H]2O)c(-c2ccc(O)c(O)c2)oc2cc(O[C@H]3O[C@H](CO)[C@H](O)[C@@H](O)[C@H]3O)cc(O)c12. The highest BCUT2D eigenvalue weighted by molar-refractivity contribution is 5.88. The highest BCUT2D eigenvalue weighted by atomic mass is 16.7. The van der Waals surface area contributed by atoms with Gasteiger partial charge in [0.25, 0.3) is 0 Å². The molecule has 1 aromatic heterocycles. The van der Waals surface area contributed by atoms with Crippen LogP contribution in [0.15, 0.2) is 39.5 Å². The Hall–Kier alpha value is -3.75. The molecule has 0 aliphatic carbocycles. The molecule has 2 aliphatic rings. The number of aliphatic hydroxyl groups is 8. The lowest BCUT2D eigenvalue weighted by atomic mass is 9.99. The summed E-state index contributed by atoms with van der Waals surface area (Å²) in [6.45, 7) is -1.53. The summed E-state index contributed by atoms with van der Waals surface area (Å²) in [5.41, 5.74) is -1.50. The topological polar surface area (TPSA) is 290 Å². The zero-order valence-corrected chi connectivity index (χ0v) is 22.4. The van der Waals surface area contributed by atoms with E-state index >= 15 is 0 Å². The normalized spacial score (nSPS) is 32.5. The lowest BCUT2D eigenvalue weighted by molar-refractivity contribution is -0.277. The summed E-state index contributed by atoms with van der Waals surface area (Å²) >= 11 is 0. The van der Waals surface area contributed by atoms with Crippen LogP contribution in [-0.2, 0) is 9.47 Å². The van der Waals surface area contributed by atoms with Gasteiger partial charge in [-0.25, -0.2) is 0 Å². The van der Waals surface area contributed by atoms with E-state index in [1.165, 1.54) is 6.07 Å². The van der Waals surface area contributed by atoms with Crippen molar-refractivity contribution < 1.29 is 79.5 Å². The number of phenols is 3. The number of aromatic hydroxyl groups is 3. The Kier molecular flexibility index (Phi) is 8.87. The van der Waals surface area contributed by atoms with Gasteiger partial charge in [-0.3, -0.25) is 4.79 Å². The molecular weight excluding hydrogens is 596 g/mol. The molecule has 2 saturated heterocycles. The van der Waals surface area contributed by atoms with Crippen LogP contribution in [0.2, 0.25) is 0 Å². The third kappa shape index (κ3) is 5.61. The van der Waals surface area contributed by atoms with E-state index in [0.717, 1.165) is 24.3 Å². The van der Waals surface area contributed by atoms with Gasteiger partial charge >= 0.3 is 0 Å². The summed E-state index contributed by atoms with van der Waals surface area (Å²) in [4.78, 5) is 13.7. The number of hydrogen-bond acceptors (Lipinski definition) is 17. The summed E-state index contributed by atoms with van der Waals surface area (Å²) in [6, 6.07) is 5.27. The van der Waals surface area contributed by atoms with E-state index in [1.54, 1.807) is 0 Å². The monoisotopic (exact) mass is 626 g/mol. The molecule has 2 fully saturated rings. The molecule has 17 heteroatoms. The van der Waals surface area contributed by atoms with Crippen LogP contribution in [0.1, 0.15) is 0 Å². The third-order valence-electron chi connectivity index (χ3n) is 7.33. The first kappa shape index (κ1) is 31.7. The minimum atomic E-state index is -1.94. The molecule has 17 nitrogen and oxygen atoms in total. The minimum absolute atomic E-state index is 0.0707. The summed E-state index contributed by atoms with van der Waals surface area (Å²) in [5.74, 6) is -3.35. The summed E-state index contributed by atoms with van der Waals surface area (Å²) in [5, 5.41) is 110. The fourth-order valence-electron chi connectivity index (χ4n) is 4.87. The van der Waals surface area contributed by atoms with E-state index in [0.29, 0.717) is 0 Å². The molecule has 0 radical (unpaired) electrons. The van der Waals surface area contributed by atoms with Crippen molar-refractivity contribution in [2.75, 3.05) is 13.2 Å². The second-order valence-corrected chi connectivity index (χ2v) is 10.2. The fourth-order valence-corrected chi connectivity index (χ4v) is 4.87. The van der Waals surface area contributed by atoms with Crippen molar-refractivity contribution in [1.29, 1.82) is 0 Å². The van der Waals surface area contributed by atoms with Gasteiger partial charge in [0, 0.05) is 17.7 Å². The highest BCUT2D eigenvalue weighted by Gasteiger charge is 2.46. The van der Waals surface area contributed by atoms with Crippen LogP contribution in [0.3, 0.4) is 0 Å². The summed E-state index contributed by atoms with van der Waals surface area (Å²) in [7, 11) is 0. The van der Waals surface area contributed by atoms with Crippen molar-refractivity contribution in [3.63, 3.8) is 0 Å². The number of fused-ring (bicyclic) bond motifs is 1. The number of phenolic OH excluding ortho intramolecular Hbond substituents is 3. The van der Waals surface area contributed by atoms with Gasteiger partial charge < -0.3 is 79.5 Å². The maximum Gasteiger partial charge on any atom is 0.239 e. The van der Waals surface area contributed by atoms with Crippen LogP contribution in [0, 0.1) is 0 Å². The Bertz CT molecular complexity index is 1550. The number of benzene rings is 2. The van der Waals surface area contributed by atoms with Crippen molar-refractivity contribution in [1.82, 2.24) is 0 Å². The molecule has 10 atom stereocenters. The Balaban J connectivity index is 1.60. The average Bonchev–Trinajstić information content (AvgIpc) is 2.99. The van der Waals surface area contributed by atoms with E-state index in [9.17, 15) is 61.0 Å². The van der Waals surface area contributed by atoms with Gasteiger partial charge in [-0.1, -0.05) is 0 Å². The van der Waals surface area contributed by atoms with Crippen LogP contribution >= 0.6 is 0 Å². The average molecular weight is 627 g/mol. The predicted octanol–water partition coefficient (Wildman–Crippen LogP) is -3.07. The van der Waals surface area contributed by atoms with Gasteiger partial charge in [-0.05, 0) is 18.2 Å². The standard InChI is InChI=1S/C27H30O17/c28-6-14-17(33)20(36)22(38)26(42-14)40-9-4-12(32)16-13(5-9)41-24(8-1-2-10(30)11(31)3-8)25(19(16)35)44-27-23(39)21(37)18(34)15(7-29)43-27/h1-5,14-15,17-18,20-23,26-34,36-39H,6-7H2/t14-,15+,17+,18+,20-,21-,22-,23+,26+,27+/m1/s1. The maximum atomic E-state index is 13.7. The first-order valence-electron chi connectivity index (χ1n) is 13.2. The van der Waals surface area contributed by atoms with Crippen LogP contribution in [0.25, 0.3) is 22.3 Å². The molecule has 0 amide bonds. The van der Waals surface area contributed by atoms with Crippen molar-refractivity contribution in [2.24, 2.45) is 0 Å². The number of aliphatic hydroxyl groups excluding tert-OH is 8. The predicted molar refractivity (Wildman–Crippen MR) is 142 cm³/mol. The van der Waals surface area contributed by atoms with Crippen LogP contribution in [-0.4, -0.2) is 131 Å². The van der Waals surface area contributed by atoms with Gasteiger partial charge in [0.2, 0.25) is 23.8 Å². The van der Waals surface area contributed by atoms with Crippen LogP contribution in [0.4, 0.5) is 0 Å². The zero-order chi connectivity index (χ0) is 32.0. The zero-order valence-electron chi connectivity index (χ0n) is 22.4. The van der Waals surface area contributed by atoms with E-state index in [4.69, 9.17) is 23.4 Å². The smallest absolute Gasteiger partial charge is 0.239 e. The lowest BCUT2D eigenvalue weighted by Crippen LogP contribution is -2.60. The third-order valence-corrected chi connectivity index (χ3v) is 7.33. The molecule has 0 bridgehead atoms. The maximum absolute atomic E-state index is 13.7. The number of hydrogen-bond donors (Lipinski definition) is 11. The molecule has 2 aliphatic heterocycles. The molecule has 0 saturated carbocycles. The van der Waals surface area contributed by atoms with Crippen molar-refractivity contribution in [2.45, 2.75) is 61.4 Å². The molecule has 240 valence electrons. The molecule has 2 aromatic carbocycles. The lowest BCUT2D eigenvalue weighted by Gasteiger charge is -2.39. The Morgan fingerprint density at radius 1 is 0.659 bits per heavy atom. The van der Waals surface area contributed by atoms with E-state index in [-0.39, 0.29) is 16.9 Å². The minimum Gasteiger partial charge on any atom is -0.507 e. The summed E-state index contributed by atoms with van der Waals surface area (Å²) in [6.07, 6.45) is -17.0. The van der Waals surface area contributed by atoms with Gasteiger partial charge in [-0.2, -0.15) is 0 Å². The van der Waals surface area contributed by atoms with Gasteiger partial charge in [0.05, 0.1) is 13.2 Å². The first-order chi connectivity index (χ1) is 20.9. The number of rotatable bonds is 7. The van der Waals surface area contributed by atoms with Gasteiger partial charge in [0.15, 0.2) is 17.3 Å². The summed E-state index contributed by atoms with van der Waals surface area (Å²) < 4.78 is 27.6. The largest absolute Gasteiger partial charge is 0.507 e. The molecule has 5 rings (SSSR count). The van der Waals surface area contributed by atoms with E-state index < -0.39 is 114 Å². The molecule has 11 N–H and O–H groups in total. The molecule has 3 aromatic rings.